The lowest BCUT2D eigenvalue weighted by Gasteiger charge is -2.34. The zero-order valence-electron chi connectivity index (χ0n) is 13.4. The maximum absolute atomic E-state index is 13.4. The molecule has 1 unspecified atom stereocenters. The lowest BCUT2D eigenvalue weighted by atomic mass is 10.1. The monoisotopic (exact) mass is 336 g/mol. The quantitative estimate of drug-likeness (QED) is 0.795. The van der Waals surface area contributed by atoms with Crippen molar-refractivity contribution in [2.75, 3.05) is 13.1 Å². The molecule has 0 radical (unpaired) electrons. The second-order valence-electron chi connectivity index (χ2n) is 6.57. The van der Waals surface area contributed by atoms with E-state index in [9.17, 15) is 23.2 Å². The number of aliphatic carboxylic acids is 1. The normalized spacial score (nSPS) is 19.2. The molecule has 1 aliphatic rings. The molecule has 0 aromatic rings. The van der Waals surface area contributed by atoms with Gasteiger partial charge in [0, 0.05) is 19.4 Å². The molecule has 2 N–H and O–H groups in total. The summed E-state index contributed by atoms with van der Waals surface area (Å²) in [6.07, 6.45) is -2.20. The zero-order chi connectivity index (χ0) is 17.8. The van der Waals surface area contributed by atoms with Gasteiger partial charge in [0.1, 0.15) is 5.60 Å². The number of nitrogens with zero attached hydrogens (tertiary/aromatic N) is 1. The Morgan fingerprint density at radius 1 is 1.43 bits per heavy atom. The number of hydrogen-bond acceptors (Lipinski definition) is 4. The van der Waals surface area contributed by atoms with Crippen molar-refractivity contribution < 1.29 is 33.0 Å². The van der Waals surface area contributed by atoms with Crippen molar-refractivity contribution in [2.24, 2.45) is 0 Å². The highest BCUT2D eigenvalue weighted by molar-refractivity contribution is 5.78. The fourth-order valence-electron chi connectivity index (χ4n) is 2.17. The van der Waals surface area contributed by atoms with Crippen molar-refractivity contribution in [3.05, 3.63) is 0 Å². The summed E-state index contributed by atoms with van der Waals surface area (Å²) in [5.41, 5.74) is -0.786. The lowest BCUT2D eigenvalue weighted by Crippen LogP contribution is -2.53. The Kier molecular flexibility index (Phi) is 5.90. The molecule has 0 aromatic heterocycles. The van der Waals surface area contributed by atoms with Crippen molar-refractivity contribution in [1.82, 2.24) is 10.2 Å². The first-order valence-electron chi connectivity index (χ1n) is 7.25. The summed E-state index contributed by atoms with van der Waals surface area (Å²) < 4.78 is 31.8. The van der Waals surface area contributed by atoms with Crippen LogP contribution in [0.2, 0.25) is 0 Å². The summed E-state index contributed by atoms with van der Waals surface area (Å²) in [6.45, 7) is 3.81. The van der Waals surface area contributed by atoms with Crippen LogP contribution < -0.4 is 5.32 Å². The van der Waals surface area contributed by atoms with E-state index >= 15 is 0 Å². The summed E-state index contributed by atoms with van der Waals surface area (Å²) in [4.78, 5) is 35.2. The van der Waals surface area contributed by atoms with Gasteiger partial charge in [-0.2, -0.15) is 0 Å². The van der Waals surface area contributed by atoms with Gasteiger partial charge in [-0.15, -0.1) is 0 Å². The Morgan fingerprint density at radius 2 is 2.04 bits per heavy atom. The van der Waals surface area contributed by atoms with Gasteiger partial charge in [-0.05, 0) is 20.8 Å². The van der Waals surface area contributed by atoms with E-state index in [-0.39, 0.29) is 13.0 Å². The van der Waals surface area contributed by atoms with E-state index in [0.717, 1.165) is 4.90 Å². The van der Waals surface area contributed by atoms with E-state index in [2.05, 4.69) is 5.32 Å². The number of piperidine rings is 1. The van der Waals surface area contributed by atoms with Gasteiger partial charge in [-0.25, -0.2) is 13.6 Å². The van der Waals surface area contributed by atoms with Crippen LogP contribution in [-0.4, -0.2) is 58.6 Å². The van der Waals surface area contributed by atoms with Gasteiger partial charge in [0.05, 0.1) is 19.0 Å². The third-order valence-corrected chi connectivity index (χ3v) is 3.06. The Labute approximate surface area is 133 Å². The highest BCUT2D eigenvalue weighted by atomic mass is 19.3. The topological polar surface area (TPSA) is 95.9 Å². The number of nitrogens with one attached hydrogen (secondary N) is 1. The molecular formula is C14H22F2N2O5. The number of carbonyl (C=O) groups is 3. The zero-order valence-corrected chi connectivity index (χ0v) is 13.4. The second-order valence-corrected chi connectivity index (χ2v) is 6.57. The molecule has 1 fully saturated rings. The molecule has 0 aliphatic carbocycles. The van der Waals surface area contributed by atoms with Gasteiger partial charge in [0.15, 0.2) is 0 Å². The van der Waals surface area contributed by atoms with E-state index in [1.165, 1.54) is 0 Å². The van der Waals surface area contributed by atoms with Crippen LogP contribution in [-0.2, 0) is 14.3 Å². The van der Waals surface area contributed by atoms with Gasteiger partial charge in [-0.1, -0.05) is 0 Å². The Bertz CT molecular complexity index is 476. The van der Waals surface area contributed by atoms with Gasteiger partial charge >= 0.3 is 12.1 Å². The van der Waals surface area contributed by atoms with Gasteiger partial charge in [0.25, 0.3) is 5.92 Å². The third kappa shape index (κ3) is 7.25. The highest BCUT2D eigenvalue weighted by Crippen LogP contribution is 2.27. The second kappa shape index (κ2) is 7.10. The van der Waals surface area contributed by atoms with Crippen molar-refractivity contribution in [2.45, 2.75) is 57.6 Å². The maximum Gasteiger partial charge on any atom is 0.407 e. The molecule has 7 nitrogen and oxygen atoms in total. The molecular weight excluding hydrogens is 314 g/mol. The third-order valence-electron chi connectivity index (χ3n) is 3.06. The van der Waals surface area contributed by atoms with Crippen LogP contribution in [0.15, 0.2) is 0 Å². The summed E-state index contributed by atoms with van der Waals surface area (Å²) in [7, 11) is 0. The van der Waals surface area contributed by atoms with Crippen molar-refractivity contribution in [3.8, 4) is 0 Å². The van der Waals surface area contributed by atoms with Gasteiger partial charge in [-0.3, -0.25) is 9.59 Å². The molecule has 132 valence electrons. The Morgan fingerprint density at radius 3 is 2.57 bits per heavy atom. The van der Waals surface area contributed by atoms with E-state index < -0.39 is 54.9 Å². The minimum atomic E-state index is -3.01. The number of rotatable bonds is 5. The van der Waals surface area contributed by atoms with Gasteiger partial charge in [0.2, 0.25) is 5.91 Å². The molecule has 1 rings (SSSR count). The van der Waals surface area contributed by atoms with Crippen molar-refractivity contribution in [1.29, 1.82) is 0 Å². The average molecular weight is 336 g/mol. The van der Waals surface area contributed by atoms with E-state index in [4.69, 9.17) is 9.84 Å². The van der Waals surface area contributed by atoms with Crippen LogP contribution in [0.1, 0.15) is 40.0 Å². The highest BCUT2D eigenvalue weighted by Gasteiger charge is 2.40. The van der Waals surface area contributed by atoms with Crippen molar-refractivity contribution in [3.63, 3.8) is 0 Å². The molecule has 1 saturated heterocycles. The van der Waals surface area contributed by atoms with Crippen molar-refractivity contribution >= 4 is 18.0 Å². The molecule has 1 heterocycles. The predicted molar refractivity (Wildman–Crippen MR) is 76.2 cm³/mol. The molecule has 0 spiro atoms. The fourth-order valence-corrected chi connectivity index (χ4v) is 2.17. The standard InChI is InChI=1S/C14H22F2N2O5/c1-13(2,3)23-12(22)17-9(6-11(20)21)7-18-8-14(15,16)5-4-10(18)19/h9H,4-8H2,1-3H3,(H,17,22)(H,20,21). The number of ether oxygens (including phenoxy) is 1. The van der Waals surface area contributed by atoms with E-state index in [0.29, 0.717) is 0 Å². The first-order valence-corrected chi connectivity index (χ1v) is 7.25. The van der Waals surface area contributed by atoms with Crippen LogP contribution in [0.4, 0.5) is 13.6 Å². The summed E-state index contributed by atoms with van der Waals surface area (Å²) in [6, 6.07) is -1.01. The number of carbonyl (C=O) groups excluding carboxylic acids is 2. The van der Waals surface area contributed by atoms with Crippen LogP contribution in [0, 0.1) is 0 Å². The van der Waals surface area contributed by atoms with Crippen LogP contribution >= 0.6 is 0 Å². The number of carboxylic acids is 1. The minimum absolute atomic E-state index is 0.306. The lowest BCUT2D eigenvalue weighted by molar-refractivity contribution is -0.148. The first kappa shape index (κ1) is 19.1. The molecule has 23 heavy (non-hydrogen) atoms. The molecule has 1 aliphatic heterocycles. The Balaban J connectivity index is 2.72. The predicted octanol–water partition coefficient (Wildman–Crippen LogP) is 1.61. The molecule has 0 aromatic carbocycles. The van der Waals surface area contributed by atoms with Crippen LogP contribution in [0.5, 0.6) is 0 Å². The van der Waals surface area contributed by atoms with E-state index in [1.54, 1.807) is 20.8 Å². The number of alkyl carbamates (subject to hydrolysis) is 1. The molecule has 1 atom stereocenters. The number of amides is 2. The molecule has 0 bridgehead atoms. The molecule has 0 saturated carbocycles. The molecule has 2 amide bonds. The largest absolute Gasteiger partial charge is 0.481 e. The number of likely N-dealkylation sites (tertiary alicyclic amines) is 1. The summed E-state index contributed by atoms with van der Waals surface area (Å²) >= 11 is 0. The summed E-state index contributed by atoms with van der Waals surface area (Å²) in [5, 5.41) is 11.2. The van der Waals surface area contributed by atoms with Crippen LogP contribution in [0.25, 0.3) is 0 Å². The van der Waals surface area contributed by atoms with E-state index in [1.807, 2.05) is 0 Å². The summed E-state index contributed by atoms with van der Waals surface area (Å²) in [5.74, 6) is -4.72. The SMILES string of the molecule is CC(C)(C)OC(=O)NC(CC(=O)O)CN1CC(F)(F)CCC1=O. The Hall–Kier alpha value is -1.93. The number of carboxylic acid groups (broad SMARTS) is 1. The fraction of sp³-hybridized carbons (Fsp3) is 0.786. The number of halogens is 2. The smallest absolute Gasteiger partial charge is 0.407 e. The van der Waals surface area contributed by atoms with Gasteiger partial charge < -0.3 is 20.1 Å². The minimum Gasteiger partial charge on any atom is -0.481 e. The molecule has 9 heteroatoms. The number of alkyl halides is 2. The van der Waals surface area contributed by atoms with Crippen LogP contribution in [0.3, 0.4) is 0 Å². The first-order chi connectivity index (χ1) is 10.4. The average Bonchev–Trinajstić information content (AvgIpc) is 2.30. The number of hydrogen-bond donors (Lipinski definition) is 2. The maximum atomic E-state index is 13.4.